The van der Waals surface area contributed by atoms with Crippen LogP contribution in [0.25, 0.3) is 11.1 Å². The Bertz CT molecular complexity index is 1140. The second-order valence-corrected chi connectivity index (χ2v) is 9.89. The summed E-state index contributed by atoms with van der Waals surface area (Å²) in [6.07, 6.45) is 3.46. The van der Waals surface area contributed by atoms with Crippen LogP contribution in [-0.2, 0) is 10.2 Å². The Morgan fingerprint density at radius 3 is 2.24 bits per heavy atom. The second kappa shape index (κ2) is 8.99. The number of aromatic amines is 1. The largest absolute Gasteiger partial charge is 0.390 e. The van der Waals surface area contributed by atoms with Gasteiger partial charge in [0.1, 0.15) is 0 Å². The molecule has 1 unspecified atom stereocenters. The molecule has 3 aromatic rings. The van der Waals surface area contributed by atoms with E-state index in [1.165, 1.54) is 6.07 Å². The van der Waals surface area contributed by atoms with Gasteiger partial charge in [0.15, 0.2) is 0 Å². The lowest BCUT2D eigenvalue weighted by atomic mass is 9.66. The van der Waals surface area contributed by atoms with Crippen LogP contribution < -0.4 is 5.56 Å². The van der Waals surface area contributed by atoms with Gasteiger partial charge in [-0.05, 0) is 61.9 Å². The number of aliphatic hydroxyl groups is 1. The molecule has 0 bridgehead atoms. The van der Waals surface area contributed by atoms with Crippen molar-refractivity contribution < 1.29 is 9.90 Å². The second-order valence-electron chi connectivity index (χ2n) is 9.89. The Morgan fingerprint density at radius 1 is 1.00 bits per heavy atom. The summed E-state index contributed by atoms with van der Waals surface area (Å²) in [6, 6.07) is 21.6. The number of hydrogen-bond donors (Lipinski definition) is 2. The van der Waals surface area contributed by atoms with Crippen molar-refractivity contribution in [2.45, 2.75) is 57.1 Å². The molecule has 1 aliphatic heterocycles. The van der Waals surface area contributed by atoms with Crippen LogP contribution >= 0.6 is 0 Å². The third-order valence-electron chi connectivity index (χ3n) is 6.78. The van der Waals surface area contributed by atoms with Crippen LogP contribution in [0.4, 0.5) is 0 Å². The lowest BCUT2D eigenvalue weighted by Gasteiger charge is -2.46. The highest BCUT2D eigenvalue weighted by Gasteiger charge is 2.44. The number of likely N-dealkylation sites (tertiary alicyclic amines) is 1. The molecule has 1 fully saturated rings. The maximum atomic E-state index is 13.4. The standard InChI is InChI=1S/C28H32N2O3/c1-20(21-9-11-22(12-10-21)23-13-14-25(31)29-18-23)30-16-15-28(17-26(30)32,19-27(2,3)33)24-7-5-4-6-8-24/h4-14,18,20,33H,15-17,19H2,1-3H3,(H,29,31)/t20-,28?/m0/s1. The molecule has 5 nitrogen and oxygen atoms in total. The van der Waals surface area contributed by atoms with Crippen molar-refractivity contribution in [3.8, 4) is 11.1 Å². The first-order chi connectivity index (χ1) is 15.7. The van der Waals surface area contributed by atoms with Crippen molar-refractivity contribution in [1.82, 2.24) is 9.88 Å². The summed E-state index contributed by atoms with van der Waals surface area (Å²) >= 11 is 0. The Hall–Kier alpha value is -3.18. The van der Waals surface area contributed by atoms with Crippen molar-refractivity contribution in [3.05, 3.63) is 94.4 Å². The lowest BCUT2D eigenvalue weighted by Crippen LogP contribution is -2.49. The van der Waals surface area contributed by atoms with E-state index in [0.717, 1.165) is 28.7 Å². The number of rotatable bonds is 6. The van der Waals surface area contributed by atoms with E-state index in [4.69, 9.17) is 0 Å². The zero-order valence-corrected chi connectivity index (χ0v) is 19.5. The summed E-state index contributed by atoms with van der Waals surface area (Å²) in [5.41, 5.74) is 2.82. The SMILES string of the molecule is C[C@@H](c1ccc(-c2ccc(=O)[nH]c2)cc1)N1CCC(CC(C)(C)O)(c2ccccc2)CC1=O. The zero-order valence-electron chi connectivity index (χ0n) is 19.5. The van der Waals surface area contributed by atoms with Gasteiger partial charge in [-0.1, -0.05) is 54.6 Å². The van der Waals surface area contributed by atoms with Crippen LogP contribution in [0.2, 0.25) is 0 Å². The van der Waals surface area contributed by atoms with Gasteiger partial charge in [-0.2, -0.15) is 0 Å². The van der Waals surface area contributed by atoms with E-state index >= 15 is 0 Å². The number of nitrogens with zero attached hydrogens (tertiary/aromatic N) is 1. The lowest BCUT2D eigenvalue weighted by molar-refractivity contribution is -0.139. The van der Waals surface area contributed by atoms with Crippen LogP contribution in [0.15, 0.2) is 77.7 Å². The van der Waals surface area contributed by atoms with Gasteiger partial charge in [-0.15, -0.1) is 0 Å². The van der Waals surface area contributed by atoms with Crippen molar-refractivity contribution in [2.75, 3.05) is 6.54 Å². The molecule has 0 radical (unpaired) electrons. The van der Waals surface area contributed by atoms with Crippen LogP contribution in [0.5, 0.6) is 0 Å². The van der Waals surface area contributed by atoms with E-state index in [1.54, 1.807) is 12.3 Å². The highest BCUT2D eigenvalue weighted by Crippen LogP contribution is 2.44. The molecule has 0 spiro atoms. The molecule has 0 saturated carbocycles. The number of hydrogen-bond acceptors (Lipinski definition) is 3. The predicted octanol–water partition coefficient (Wildman–Crippen LogP) is 4.82. The van der Waals surface area contributed by atoms with Gasteiger partial charge in [0.25, 0.3) is 0 Å². The Balaban J connectivity index is 1.53. The molecule has 172 valence electrons. The highest BCUT2D eigenvalue weighted by molar-refractivity contribution is 5.79. The van der Waals surface area contributed by atoms with E-state index in [9.17, 15) is 14.7 Å². The van der Waals surface area contributed by atoms with E-state index in [0.29, 0.717) is 19.4 Å². The third-order valence-corrected chi connectivity index (χ3v) is 6.78. The summed E-state index contributed by atoms with van der Waals surface area (Å²) in [5.74, 6) is 0.117. The smallest absolute Gasteiger partial charge is 0.247 e. The number of aromatic nitrogens is 1. The molecule has 1 aromatic heterocycles. The van der Waals surface area contributed by atoms with Gasteiger partial charge in [0, 0.05) is 30.6 Å². The molecule has 1 saturated heterocycles. The van der Waals surface area contributed by atoms with Gasteiger partial charge in [-0.25, -0.2) is 0 Å². The maximum Gasteiger partial charge on any atom is 0.247 e. The molecule has 2 N–H and O–H groups in total. The van der Waals surface area contributed by atoms with Gasteiger partial charge in [0.05, 0.1) is 11.6 Å². The fraction of sp³-hybridized carbons (Fsp3) is 0.357. The number of carbonyl (C=O) groups is 1. The highest BCUT2D eigenvalue weighted by atomic mass is 16.3. The first-order valence-electron chi connectivity index (χ1n) is 11.5. The quantitative estimate of drug-likeness (QED) is 0.572. The maximum absolute atomic E-state index is 13.4. The summed E-state index contributed by atoms with van der Waals surface area (Å²) in [7, 11) is 0. The molecule has 1 aliphatic rings. The number of pyridine rings is 1. The van der Waals surface area contributed by atoms with Crippen molar-refractivity contribution >= 4 is 5.91 Å². The Labute approximate surface area is 195 Å². The molecule has 33 heavy (non-hydrogen) atoms. The first kappa shape index (κ1) is 23.0. The van der Waals surface area contributed by atoms with Gasteiger partial charge < -0.3 is 15.0 Å². The zero-order chi connectivity index (χ0) is 23.6. The van der Waals surface area contributed by atoms with E-state index in [2.05, 4.69) is 24.0 Å². The summed E-state index contributed by atoms with van der Waals surface area (Å²) < 4.78 is 0. The van der Waals surface area contributed by atoms with Crippen molar-refractivity contribution in [2.24, 2.45) is 0 Å². The number of carbonyl (C=O) groups excluding carboxylic acids is 1. The molecular weight excluding hydrogens is 412 g/mol. The average Bonchev–Trinajstić information content (AvgIpc) is 2.79. The van der Waals surface area contributed by atoms with E-state index < -0.39 is 5.60 Å². The van der Waals surface area contributed by atoms with Gasteiger partial charge in [-0.3, -0.25) is 9.59 Å². The summed E-state index contributed by atoms with van der Waals surface area (Å²) in [6.45, 7) is 6.35. The minimum atomic E-state index is -0.860. The topological polar surface area (TPSA) is 73.4 Å². The number of amides is 1. The monoisotopic (exact) mass is 444 g/mol. The fourth-order valence-electron chi connectivity index (χ4n) is 5.19. The number of nitrogens with one attached hydrogen (secondary N) is 1. The van der Waals surface area contributed by atoms with Crippen LogP contribution in [0.3, 0.4) is 0 Å². The normalized spacial score (nSPS) is 20.0. The van der Waals surface area contributed by atoms with Crippen molar-refractivity contribution in [3.63, 3.8) is 0 Å². The van der Waals surface area contributed by atoms with Crippen LogP contribution in [-0.4, -0.2) is 33.0 Å². The number of benzene rings is 2. The summed E-state index contributed by atoms with van der Waals surface area (Å²) in [5, 5.41) is 10.6. The molecule has 1 amide bonds. The fourth-order valence-corrected chi connectivity index (χ4v) is 5.19. The molecule has 2 atom stereocenters. The number of piperidine rings is 1. The molecule has 2 heterocycles. The number of H-pyrrole nitrogens is 1. The molecule has 5 heteroatoms. The predicted molar refractivity (Wildman–Crippen MR) is 131 cm³/mol. The molecular formula is C28H32N2O3. The minimum absolute atomic E-state index is 0.0435. The third kappa shape index (κ3) is 5.09. The molecule has 4 rings (SSSR count). The van der Waals surface area contributed by atoms with Crippen LogP contribution in [0.1, 0.15) is 57.2 Å². The first-order valence-corrected chi connectivity index (χ1v) is 11.5. The Kier molecular flexibility index (Phi) is 6.26. The Morgan fingerprint density at radius 2 is 1.67 bits per heavy atom. The van der Waals surface area contributed by atoms with Crippen LogP contribution in [0, 0.1) is 0 Å². The van der Waals surface area contributed by atoms with Crippen molar-refractivity contribution in [1.29, 1.82) is 0 Å². The van der Waals surface area contributed by atoms with Gasteiger partial charge in [0.2, 0.25) is 11.5 Å². The van der Waals surface area contributed by atoms with Gasteiger partial charge >= 0.3 is 0 Å². The van der Waals surface area contributed by atoms with E-state index in [-0.39, 0.29) is 22.9 Å². The molecule has 2 aromatic carbocycles. The van der Waals surface area contributed by atoms with E-state index in [1.807, 2.05) is 61.2 Å². The summed E-state index contributed by atoms with van der Waals surface area (Å²) in [4.78, 5) is 29.4. The average molecular weight is 445 g/mol. The molecule has 0 aliphatic carbocycles. The minimum Gasteiger partial charge on any atom is -0.390 e.